The summed E-state index contributed by atoms with van der Waals surface area (Å²) in [4.78, 5) is 15.2. The van der Waals surface area contributed by atoms with Crippen molar-refractivity contribution < 1.29 is 19.4 Å². The lowest BCUT2D eigenvalue weighted by atomic mass is 9.95. The van der Waals surface area contributed by atoms with Gasteiger partial charge in [-0.3, -0.25) is 9.69 Å². The molecule has 1 N–H and O–H groups in total. The van der Waals surface area contributed by atoms with E-state index in [0.717, 1.165) is 29.8 Å². The summed E-state index contributed by atoms with van der Waals surface area (Å²) in [6.07, 6.45) is 2.65. The fourth-order valence-electron chi connectivity index (χ4n) is 3.78. The van der Waals surface area contributed by atoms with E-state index in [1.165, 1.54) is 5.56 Å². The summed E-state index contributed by atoms with van der Waals surface area (Å²) in [5.41, 5.74) is 2.23. The van der Waals surface area contributed by atoms with Crippen molar-refractivity contribution in [3.63, 3.8) is 0 Å². The Labute approximate surface area is 164 Å². The van der Waals surface area contributed by atoms with Crippen molar-refractivity contribution in [1.29, 1.82) is 0 Å². The van der Waals surface area contributed by atoms with Crippen LogP contribution in [-0.2, 0) is 4.79 Å². The minimum absolute atomic E-state index is 0.102. The number of carboxylic acid groups (broad SMARTS) is 1. The lowest BCUT2D eigenvalue weighted by Crippen LogP contribution is -2.46. The first-order valence-corrected chi connectivity index (χ1v) is 10.3. The van der Waals surface area contributed by atoms with E-state index in [-0.39, 0.29) is 6.04 Å². The normalized spacial score (nSPS) is 18.9. The van der Waals surface area contributed by atoms with Gasteiger partial charge in [-0.25, -0.2) is 0 Å². The molecule has 6 heteroatoms. The van der Waals surface area contributed by atoms with Gasteiger partial charge in [0.05, 0.1) is 19.8 Å². The zero-order valence-electron chi connectivity index (χ0n) is 16.1. The molecule has 0 spiro atoms. The van der Waals surface area contributed by atoms with Crippen molar-refractivity contribution >= 4 is 17.3 Å². The number of thiophene rings is 1. The number of methoxy groups -OCH3 is 1. The van der Waals surface area contributed by atoms with Crippen LogP contribution in [0.5, 0.6) is 11.5 Å². The fourth-order valence-corrected chi connectivity index (χ4v) is 4.82. The number of likely N-dealkylation sites (tertiary alicyclic amines) is 1. The molecule has 0 aliphatic carbocycles. The molecule has 1 aromatic carbocycles. The number of rotatable bonds is 7. The SMILES string of the molecule is CCOc1cc(C(c2cc(C)cs2)N2CCCCC2C(=O)O)ccc1OC. The highest BCUT2D eigenvalue weighted by molar-refractivity contribution is 7.10. The van der Waals surface area contributed by atoms with Gasteiger partial charge in [-0.1, -0.05) is 12.5 Å². The molecule has 0 radical (unpaired) electrons. The summed E-state index contributed by atoms with van der Waals surface area (Å²) in [5.74, 6) is 0.640. The van der Waals surface area contributed by atoms with Gasteiger partial charge in [-0.05, 0) is 67.9 Å². The maximum atomic E-state index is 11.9. The molecular weight excluding hydrogens is 362 g/mol. The number of benzene rings is 1. The van der Waals surface area contributed by atoms with Gasteiger partial charge in [0.2, 0.25) is 0 Å². The molecule has 3 rings (SSSR count). The van der Waals surface area contributed by atoms with E-state index in [2.05, 4.69) is 23.3 Å². The maximum Gasteiger partial charge on any atom is 0.320 e. The van der Waals surface area contributed by atoms with Gasteiger partial charge in [0.25, 0.3) is 0 Å². The molecule has 1 fully saturated rings. The molecule has 2 atom stereocenters. The Bertz CT molecular complexity index is 788. The van der Waals surface area contributed by atoms with Crippen LogP contribution in [0.15, 0.2) is 29.6 Å². The first-order chi connectivity index (χ1) is 13.0. The van der Waals surface area contributed by atoms with Gasteiger partial charge in [-0.2, -0.15) is 0 Å². The predicted molar refractivity (Wildman–Crippen MR) is 107 cm³/mol. The van der Waals surface area contributed by atoms with Crippen molar-refractivity contribution in [2.45, 2.75) is 45.2 Å². The zero-order chi connectivity index (χ0) is 19.4. The monoisotopic (exact) mass is 389 g/mol. The molecule has 0 saturated carbocycles. The summed E-state index contributed by atoms with van der Waals surface area (Å²) in [6, 6.07) is 7.52. The molecule has 2 aromatic rings. The highest BCUT2D eigenvalue weighted by Crippen LogP contribution is 2.40. The molecule has 1 aliphatic heterocycles. The number of carboxylic acids is 1. The second-order valence-corrected chi connectivity index (χ2v) is 7.80. The van der Waals surface area contributed by atoms with E-state index in [9.17, 15) is 9.90 Å². The van der Waals surface area contributed by atoms with Crippen molar-refractivity contribution in [2.75, 3.05) is 20.3 Å². The quantitative estimate of drug-likeness (QED) is 0.756. The van der Waals surface area contributed by atoms with Crippen molar-refractivity contribution in [3.8, 4) is 11.5 Å². The van der Waals surface area contributed by atoms with Gasteiger partial charge in [0, 0.05) is 4.88 Å². The fraction of sp³-hybridized carbons (Fsp3) is 0.476. The molecule has 2 unspecified atom stereocenters. The largest absolute Gasteiger partial charge is 0.493 e. The summed E-state index contributed by atoms with van der Waals surface area (Å²) < 4.78 is 11.2. The molecule has 1 saturated heterocycles. The Balaban J connectivity index is 2.07. The van der Waals surface area contributed by atoms with Crippen LogP contribution < -0.4 is 9.47 Å². The summed E-state index contributed by atoms with van der Waals surface area (Å²) in [6.45, 7) is 5.33. The van der Waals surface area contributed by atoms with E-state index >= 15 is 0 Å². The van der Waals surface area contributed by atoms with Gasteiger partial charge in [0.1, 0.15) is 6.04 Å². The van der Waals surface area contributed by atoms with Crippen molar-refractivity contribution in [2.24, 2.45) is 0 Å². The third-order valence-corrected chi connectivity index (χ3v) is 6.09. The molecular formula is C21H27NO4S. The number of nitrogens with zero attached hydrogens (tertiary/aromatic N) is 1. The Morgan fingerprint density at radius 2 is 2.15 bits per heavy atom. The first-order valence-electron chi connectivity index (χ1n) is 9.39. The van der Waals surface area contributed by atoms with Gasteiger partial charge >= 0.3 is 5.97 Å². The van der Waals surface area contributed by atoms with Gasteiger partial charge in [-0.15, -0.1) is 11.3 Å². The average molecular weight is 390 g/mol. The van der Waals surface area contributed by atoms with E-state index in [1.807, 2.05) is 25.1 Å². The zero-order valence-corrected chi connectivity index (χ0v) is 16.9. The summed E-state index contributed by atoms with van der Waals surface area (Å²) in [7, 11) is 1.63. The number of aryl methyl sites for hydroxylation is 1. The Hall–Kier alpha value is -2.05. The first kappa shape index (κ1) is 19.7. The number of ether oxygens (including phenoxy) is 2. The lowest BCUT2D eigenvalue weighted by Gasteiger charge is -2.39. The topological polar surface area (TPSA) is 59.0 Å². The standard InChI is InChI=1S/C21H27NO4S/c1-4-26-18-12-15(8-9-17(18)25-3)20(19-11-14(2)13-27-19)22-10-6-5-7-16(22)21(23)24/h8-9,11-13,16,20H,4-7,10H2,1-3H3,(H,23,24). The predicted octanol–water partition coefficient (Wildman–Crippen LogP) is 4.49. The van der Waals surface area contributed by atoms with Crippen LogP contribution in [0.2, 0.25) is 0 Å². The van der Waals surface area contributed by atoms with Crippen LogP contribution in [-0.4, -0.2) is 42.3 Å². The third-order valence-electron chi connectivity index (χ3n) is 4.98. The van der Waals surface area contributed by atoms with Gasteiger partial charge < -0.3 is 14.6 Å². The summed E-state index contributed by atoms with van der Waals surface area (Å²) in [5, 5.41) is 11.9. The second-order valence-electron chi connectivity index (χ2n) is 6.86. The number of piperidine rings is 1. The van der Waals surface area contributed by atoms with E-state index in [0.29, 0.717) is 24.5 Å². The van der Waals surface area contributed by atoms with Crippen LogP contribution in [0.25, 0.3) is 0 Å². The smallest absolute Gasteiger partial charge is 0.320 e. The molecule has 0 amide bonds. The van der Waals surface area contributed by atoms with E-state index in [1.54, 1.807) is 18.4 Å². The van der Waals surface area contributed by atoms with Crippen molar-refractivity contribution in [3.05, 3.63) is 45.6 Å². The third kappa shape index (κ3) is 4.28. The Morgan fingerprint density at radius 1 is 1.33 bits per heavy atom. The molecule has 1 aliphatic rings. The minimum Gasteiger partial charge on any atom is -0.493 e. The molecule has 5 nitrogen and oxygen atoms in total. The summed E-state index contributed by atoms with van der Waals surface area (Å²) >= 11 is 1.68. The van der Waals surface area contributed by atoms with Crippen LogP contribution in [0.3, 0.4) is 0 Å². The highest BCUT2D eigenvalue weighted by atomic mass is 32.1. The van der Waals surface area contributed by atoms with Crippen molar-refractivity contribution in [1.82, 2.24) is 4.90 Å². The number of hydrogen-bond donors (Lipinski definition) is 1. The number of carbonyl (C=O) groups is 1. The average Bonchev–Trinajstić information content (AvgIpc) is 3.08. The van der Waals surface area contributed by atoms with E-state index in [4.69, 9.17) is 9.47 Å². The molecule has 1 aromatic heterocycles. The minimum atomic E-state index is -0.744. The molecule has 27 heavy (non-hydrogen) atoms. The Morgan fingerprint density at radius 3 is 2.78 bits per heavy atom. The lowest BCUT2D eigenvalue weighted by molar-refractivity contribution is -0.145. The van der Waals surface area contributed by atoms with Crippen LogP contribution in [0, 0.1) is 6.92 Å². The maximum absolute atomic E-state index is 11.9. The highest BCUT2D eigenvalue weighted by Gasteiger charge is 2.36. The molecule has 0 bridgehead atoms. The second kappa shape index (κ2) is 8.76. The Kier molecular flexibility index (Phi) is 6.39. The van der Waals surface area contributed by atoms with Crippen LogP contribution >= 0.6 is 11.3 Å². The van der Waals surface area contributed by atoms with E-state index < -0.39 is 12.0 Å². The molecule has 2 heterocycles. The van der Waals surface area contributed by atoms with Crippen LogP contribution in [0.4, 0.5) is 0 Å². The molecule has 146 valence electrons. The van der Waals surface area contributed by atoms with Gasteiger partial charge in [0.15, 0.2) is 11.5 Å². The number of hydrogen-bond acceptors (Lipinski definition) is 5. The number of aliphatic carboxylic acids is 1. The van der Waals surface area contributed by atoms with Crippen LogP contribution in [0.1, 0.15) is 48.2 Å².